The molecule has 0 radical (unpaired) electrons. The Hall–Kier alpha value is -1.10. The second-order valence-electron chi connectivity index (χ2n) is 2.56. The van der Waals surface area contributed by atoms with E-state index in [2.05, 4.69) is 4.74 Å². The standard InChI is InChI=1S/C9H8ClF3O2/c10-4-5-14-7-2-1-3-8(6-7)15-9(11,12)13/h1-3,6H,4-5H2. The highest BCUT2D eigenvalue weighted by molar-refractivity contribution is 6.17. The molecule has 15 heavy (non-hydrogen) atoms. The van der Waals surface area contributed by atoms with Crippen molar-refractivity contribution in [3.8, 4) is 11.5 Å². The third-order valence-corrected chi connectivity index (χ3v) is 1.54. The van der Waals surface area contributed by atoms with E-state index in [1.165, 1.54) is 18.2 Å². The fraction of sp³-hybridized carbons (Fsp3) is 0.333. The van der Waals surface area contributed by atoms with Gasteiger partial charge >= 0.3 is 6.36 Å². The molecule has 0 aromatic heterocycles. The Morgan fingerprint density at radius 2 is 1.87 bits per heavy atom. The largest absolute Gasteiger partial charge is 0.573 e. The van der Waals surface area contributed by atoms with Crippen LogP contribution in [0.3, 0.4) is 0 Å². The van der Waals surface area contributed by atoms with E-state index < -0.39 is 6.36 Å². The molecule has 0 saturated carbocycles. The van der Waals surface area contributed by atoms with Gasteiger partial charge in [-0.15, -0.1) is 24.8 Å². The molecule has 1 aromatic carbocycles. The van der Waals surface area contributed by atoms with Gasteiger partial charge < -0.3 is 9.47 Å². The molecule has 0 fully saturated rings. The highest BCUT2D eigenvalue weighted by Crippen LogP contribution is 2.25. The molecular formula is C9H8ClF3O2. The zero-order valence-corrected chi connectivity index (χ0v) is 8.31. The van der Waals surface area contributed by atoms with Gasteiger partial charge in [-0.25, -0.2) is 0 Å². The fourth-order valence-electron chi connectivity index (χ4n) is 0.918. The van der Waals surface area contributed by atoms with Crippen LogP contribution < -0.4 is 9.47 Å². The summed E-state index contributed by atoms with van der Waals surface area (Å²) < 4.78 is 44.3. The molecule has 1 rings (SSSR count). The summed E-state index contributed by atoms with van der Waals surface area (Å²) in [4.78, 5) is 0. The summed E-state index contributed by atoms with van der Waals surface area (Å²) in [6, 6.07) is 5.28. The Morgan fingerprint density at radius 1 is 1.20 bits per heavy atom. The number of benzene rings is 1. The van der Waals surface area contributed by atoms with Crippen LogP contribution in [-0.2, 0) is 0 Å². The van der Waals surface area contributed by atoms with E-state index in [1.807, 2.05) is 0 Å². The van der Waals surface area contributed by atoms with Crippen LogP contribution in [0.4, 0.5) is 13.2 Å². The summed E-state index contributed by atoms with van der Waals surface area (Å²) in [5.74, 6) is 0.247. The van der Waals surface area contributed by atoms with Gasteiger partial charge in [-0.2, -0.15) is 0 Å². The average Bonchev–Trinajstić information content (AvgIpc) is 2.12. The van der Waals surface area contributed by atoms with Crippen LogP contribution in [-0.4, -0.2) is 18.8 Å². The third-order valence-electron chi connectivity index (χ3n) is 1.38. The second kappa shape index (κ2) is 5.11. The van der Waals surface area contributed by atoms with Crippen molar-refractivity contribution in [1.82, 2.24) is 0 Å². The average molecular weight is 241 g/mol. The van der Waals surface area contributed by atoms with Crippen molar-refractivity contribution < 1.29 is 22.6 Å². The van der Waals surface area contributed by atoms with E-state index in [-0.39, 0.29) is 24.0 Å². The Morgan fingerprint density at radius 3 is 2.47 bits per heavy atom. The fourth-order valence-corrected chi connectivity index (χ4v) is 0.995. The van der Waals surface area contributed by atoms with Gasteiger partial charge in [-0.1, -0.05) is 6.07 Å². The molecule has 0 spiro atoms. The molecule has 0 heterocycles. The van der Waals surface area contributed by atoms with Crippen molar-refractivity contribution in [1.29, 1.82) is 0 Å². The predicted molar refractivity (Wildman–Crippen MR) is 49.3 cm³/mol. The predicted octanol–water partition coefficient (Wildman–Crippen LogP) is 3.20. The van der Waals surface area contributed by atoms with Gasteiger partial charge in [0.15, 0.2) is 0 Å². The monoisotopic (exact) mass is 240 g/mol. The number of halogens is 4. The molecular weight excluding hydrogens is 233 g/mol. The summed E-state index contributed by atoms with van der Waals surface area (Å²) in [7, 11) is 0. The molecule has 0 unspecified atom stereocenters. The van der Waals surface area contributed by atoms with Gasteiger partial charge in [-0.05, 0) is 12.1 Å². The van der Waals surface area contributed by atoms with Crippen molar-refractivity contribution in [3.05, 3.63) is 24.3 Å². The van der Waals surface area contributed by atoms with Crippen molar-refractivity contribution in [2.45, 2.75) is 6.36 Å². The minimum absolute atomic E-state index is 0.233. The van der Waals surface area contributed by atoms with E-state index >= 15 is 0 Å². The quantitative estimate of drug-likeness (QED) is 0.753. The van der Waals surface area contributed by atoms with Crippen molar-refractivity contribution >= 4 is 11.6 Å². The minimum Gasteiger partial charge on any atom is -0.492 e. The molecule has 1 aromatic rings. The Labute approximate surface area is 89.6 Å². The Balaban J connectivity index is 2.66. The van der Waals surface area contributed by atoms with E-state index in [0.717, 1.165) is 6.07 Å². The lowest BCUT2D eigenvalue weighted by Gasteiger charge is -2.10. The van der Waals surface area contributed by atoms with Gasteiger partial charge in [0, 0.05) is 6.07 Å². The molecule has 84 valence electrons. The van der Waals surface area contributed by atoms with E-state index in [4.69, 9.17) is 16.3 Å². The van der Waals surface area contributed by atoms with Crippen LogP contribution in [0.25, 0.3) is 0 Å². The second-order valence-corrected chi connectivity index (χ2v) is 2.94. The summed E-state index contributed by atoms with van der Waals surface area (Å²) in [5.41, 5.74) is 0. The minimum atomic E-state index is -4.69. The normalized spacial score (nSPS) is 11.2. The van der Waals surface area contributed by atoms with Crippen molar-refractivity contribution in [2.75, 3.05) is 12.5 Å². The van der Waals surface area contributed by atoms with E-state index in [9.17, 15) is 13.2 Å². The number of hydrogen-bond donors (Lipinski definition) is 0. The van der Waals surface area contributed by atoms with Crippen LogP contribution in [0, 0.1) is 0 Å². The van der Waals surface area contributed by atoms with Crippen LogP contribution in [0.15, 0.2) is 24.3 Å². The Kier molecular flexibility index (Phi) is 4.08. The lowest BCUT2D eigenvalue weighted by molar-refractivity contribution is -0.274. The summed E-state index contributed by atoms with van der Waals surface area (Å²) in [6.07, 6.45) is -4.69. The molecule has 0 bridgehead atoms. The van der Waals surface area contributed by atoms with Gasteiger partial charge in [0.05, 0.1) is 5.88 Å². The first-order valence-corrected chi connectivity index (χ1v) is 4.59. The number of hydrogen-bond acceptors (Lipinski definition) is 2. The van der Waals surface area contributed by atoms with Crippen LogP contribution in [0.5, 0.6) is 11.5 Å². The molecule has 6 heteroatoms. The molecule has 0 aliphatic carbocycles. The summed E-state index contributed by atoms with van der Waals surface area (Å²) in [6.45, 7) is 0.233. The Bertz CT molecular complexity index is 314. The molecule has 0 atom stereocenters. The lowest BCUT2D eigenvalue weighted by Crippen LogP contribution is -2.17. The zero-order valence-electron chi connectivity index (χ0n) is 7.55. The lowest BCUT2D eigenvalue weighted by atomic mass is 10.3. The first kappa shape index (κ1) is 12.0. The smallest absolute Gasteiger partial charge is 0.492 e. The first-order valence-electron chi connectivity index (χ1n) is 4.06. The van der Waals surface area contributed by atoms with Gasteiger partial charge in [-0.3, -0.25) is 0 Å². The molecule has 0 amide bonds. The van der Waals surface area contributed by atoms with Gasteiger partial charge in [0.2, 0.25) is 0 Å². The van der Waals surface area contributed by atoms with E-state index in [0.29, 0.717) is 0 Å². The van der Waals surface area contributed by atoms with Gasteiger partial charge in [0.25, 0.3) is 0 Å². The summed E-state index contributed by atoms with van der Waals surface area (Å²) >= 11 is 5.36. The molecule has 0 N–H and O–H groups in total. The SMILES string of the molecule is FC(F)(F)Oc1cccc(OCCCl)c1. The maximum atomic E-state index is 11.8. The molecule has 0 saturated heterocycles. The topological polar surface area (TPSA) is 18.5 Å². The zero-order chi connectivity index (χ0) is 11.3. The van der Waals surface area contributed by atoms with Crippen LogP contribution >= 0.6 is 11.6 Å². The van der Waals surface area contributed by atoms with Crippen molar-refractivity contribution in [2.24, 2.45) is 0 Å². The molecule has 0 aliphatic rings. The number of ether oxygens (including phenoxy) is 2. The highest BCUT2D eigenvalue weighted by Gasteiger charge is 2.31. The van der Waals surface area contributed by atoms with Crippen LogP contribution in [0.2, 0.25) is 0 Å². The third kappa shape index (κ3) is 4.78. The molecule has 2 nitrogen and oxygen atoms in total. The molecule has 0 aliphatic heterocycles. The van der Waals surface area contributed by atoms with Crippen molar-refractivity contribution in [3.63, 3.8) is 0 Å². The first-order chi connectivity index (χ1) is 7.01. The number of rotatable bonds is 4. The van der Waals surface area contributed by atoms with E-state index in [1.54, 1.807) is 0 Å². The maximum Gasteiger partial charge on any atom is 0.573 e. The summed E-state index contributed by atoms with van der Waals surface area (Å²) in [5, 5.41) is 0. The van der Waals surface area contributed by atoms with Gasteiger partial charge in [0.1, 0.15) is 18.1 Å². The van der Waals surface area contributed by atoms with Crippen LogP contribution in [0.1, 0.15) is 0 Å². The maximum absolute atomic E-state index is 11.8. The highest BCUT2D eigenvalue weighted by atomic mass is 35.5. The number of alkyl halides is 4.